The van der Waals surface area contributed by atoms with Crippen molar-refractivity contribution < 1.29 is 4.79 Å². The minimum Gasteiger partial charge on any atom is -0.282 e. The lowest BCUT2D eigenvalue weighted by atomic mass is 9.98. The zero-order valence-corrected chi connectivity index (χ0v) is 9.95. The van der Waals surface area contributed by atoms with Crippen LogP contribution in [0.4, 0.5) is 0 Å². The van der Waals surface area contributed by atoms with E-state index in [0.717, 1.165) is 16.2 Å². The van der Waals surface area contributed by atoms with E-state index in [1.54, 1.807) is 0 Å². The summed E-state index contributed by atoms with van der Waals surface area (Å²) in [4.78, 5) is 11.6. The van der Waals surface area contributed by atoms with Crippen molar-refractivity contribution in [3.05, 3.63) is 60.2 Å². The molecule has 17 heavy (non-hydrogen) atoms. The molecule has 0 radical (unpaired) electrons. The molecule has 3 aromatic carbocycles. The molecule has 0 saturated carbocycles. The Morgan fingerprint density at radius 3 is 2.12 bits per heavy atom. The second kappa shape index (κ2) is 3.90. The van der Waals surface area contributed by atoms with Crippen LogP contribution in [0.15, 0.2) is 54.6 Å². The first-order chi connectivity index (χ1) is 8.27. The molecule has 0 amide bonds. The van der Waals surface area contributed by atoms with E-state index in [4.69, 9.17) is 0 Å². The smallest absolute Gasteiger partial charge is 0.216 e. The Morgan fingerprint density at radius 2 is 1.41 bits per heavy atom. The molecule has 0 aliphatic carbocycles. The first-order valence-corrected chi connectivity index (χ1v) is 5.86. The Balaban J connectivity index is 2.59. The lowest BCUT2D eigenvalue weighted by Crippen LogP contribution is -1.91. The van der Waals surface area contributed by atoms with Gasteiger partial charge in [0.05, 0.1) is 0 Å². The highest BCUT2D eigenvalue weighted by atomic mass is 32.1. The van der Waals surface area contributed by atoms with Gasteiger partial charge >= 0.3 is 0 Å². The molecule has 0 fully saturated rings. The van der Waals surface area contributed by atoms with Gasteiger partial charge in [-0.15, -0.1) is 12.6 Å². The molecular formula is C15H10OS. The largest absolute Gasteiger partial charge is 0.282 e. The van der Waals surface area contributed by atoms with Gasteiger partial charge in [-0.25, -0.2) is 0 Å². The van der Waals surface area contributed by atoms with E-state index in [0.29, 0.717) is 5.56 Å². The van der Waals surface area contributed by atoms with Crippen molar-refractivity contribution in [2.24, 2.45) is 0 Å². The number of benzene rings is 3. The standard InChI is InChI=1S/C15H10OS/c16-15(17)14-9-10-5-1-2-6-11(10)12-7-3-4-8-13(12)14/h1-9H,(H,16,17). The van der Waals surface area contributed by atoms with Crippen LogP contribution in [0.25, 0.3) is 21.5 Å². The third-order valence-corrected chi connectivity index (χ3v) is 3.24. The predicted octanol–water partition coefficient (Wildman–Crippen LogP) is 4.06. The van der Waals surface area contributed by atoms with Gasteiger partial charge in [0, 0.05) is 5.56 Å². The van der Waals surface area contributed by atoms with E-state index in [2.05, 4.69) is 18.7 Å². The lowest BCUT2D eigenvalue weighted by molar-refractivity contribution is 0.109. The van der Waals surface area contributed by atoms with E-state index in [1.807, 2.05) is 48.5 Å². The molecule has 0 saturated heterocycles. The van der Waals surface area contributed by atoms with Crippen LogP contribution in [0.5, 0.6) is 0 Å². The maximum atomic E-state index is 11.6. The molecule has 0 aromatic heterocycles. The summed E-state index contributed by atoms with van der Waals surface area (Å²) in [5.74, 6) is 0. The van der Waals surface area contributed by atoms with Crippen LogP contribution < -0.4 is 0 Å². The highest BCUT2D eigenvalue weighted by Gasteiger charge is 2.09. The zero-order valence-electron chi connectivity index (χ0n) is 9.05. The second-order valence-electron chi connectivity index (χ2n) is 4.00. The SMILES string of the molecule is O=C(S)c1cc2ccccc2c2ccccc12. The predicted molar refractivity (Wildman–Crippen MR) is 74.8 cm³/mol. The van der Waals surface area contributed by atoms with Crippen LogP contribution in [0.3, 0.4) is 0 Å². The van der Waals surface area contributed by atoms with Crippen LogP contribution in [-0.2, 0) is 0 Å². The fraction of sp³-hybridized carbons (Fsp3) is 0. The molecule has 2 heteroatoms. The average Bonchev–Trinajstić information content (AvgIpc) is 2.37. The van der Waals surface area contributed by atoms with Crippen LogP contribution in [0, 0.1) is 0 Å². The number of carbonyl (C=O) groups is 1. The third kappa shape index (κ3) is 1.61. The number of thiol groups is 1. The fourth-order valence-corrected chi connectivity index (χ4v) is 2.42. The molecule has 1 nitrogen and oxygen atoms in total. The molecule has 0 spiro atoms. The molecular weight excluding hydrogens is 228 g/mol. The van der Waals surface area contributed by atoms with Crippen molar-refractivity contribution in [2.75, 3.05) is 0 Å². The van der Waals surface area contributed by atoms with E-state index >= 15 is 0 Å². The third-order valence-electron chi connectivity index (χ3n) is 3.00. The number of fused-ring (bicyclic) bond motifs is 3. The van der Waals surface area contributed by atoms with Gasteiger partial charge in [-0.2, -0.15) is 0 Å². The Labute approximate surface area is 104 Å². The first-order valence-electron chi connectivity index (χ1n) is 5.41. The lowest BCUT2D eigenvalue weighted by Gasteiger charge is -2.07. The summed E-state index contributed by atoms with van der Waals surface area (Å²) in [5, 5.41) is 4.12. The van der Waals surface area contributed by atoms with Gasteiger partial charge in [0.25, 0.3) is 0 Å². The Hall–Kier alpha value is -1.80. The van der Waals surface area contributed by atoms with Gasteiger partial charge in [0.1, 0.15) is 0 Å². The highest BCUT2D eigenvalue weighted by molar-refractivity contribution is 7.97. The molecule has 0 unspecified atom stereocenters. The molecule has 0 aliphatic rings. The van der Waals surface area contributed by atoms with Crippen molar-refractivity contribution in [2.45, 2.75) is 0 Å². The summed E-state index contributed by atoms with van der Waals surface area (Å²) in [6, 6.07) is 17.9. The maximum Gasteiger partial charge on any atom is 0.216 e. The van der Waals surface area contributed by atoms with Gasteiger partial charge in [-0.05, 0) is 27.6 Å². The number of carbonyl (C=O) groups excluding carboxylic acids is 1. The summed E-state index contributed by atoms with van der Waals surface area (Å²) >= 11 is 3.95. The van der Waals surface area contributed by atoms with Crippen molar-refractivity contribution in [3.8, 4) is 0 Å². The van der Waals surface area contributed by atoms with E-state index in [1.165, 1.54) is 5.39 Å². The minimum absolute atomic E-state index is 0.188. The fourth-order valence-electron chi connectivity index (χ4n) is 2.23. The summed E-state index contributed by atoms with van der Waals surface area (Å²) in [7, 11) is 0. The molecule has 82 valence electrons. The summed E-state index contributed by atoms with van der Waals surface area (Å²) in [6.07, 6.45) is 0. The van der Waals surface area contributed by atoms with Crippen molar-refractivity contribution in [3.63, 3.8) is 0 Å². The Morgan fingerprint density at radius 1 is 0.824 bits per heavy atom. The number of hydrogen-bond donors (Lipinski definition) is 1. The molecule has 0 bridgehead atoms. The first kappa shape index (κ1) is 10.4. The van der Waals surface area contributed by atoms with Crippen LogP contribution in [0.1, 0.15) is 10.4 Å². The van der Waals surface area contributed by atoms with Crippen LogP contribution >= 0.6 is 12.6 Å². The number of rotatable bonds is 1. The highest BCUT2D eigenvalue weighted by Crippen LogP contribution is 2.29. The quantitative estimate of drug-likeness (QED) is 0.499. The number of hydrogen-bond acceptors (Lipinski definition) is 1. The minimum atomic E-state index is -0.188. The van der Waals surface area contributed by atoms with E-state index < -0.39 is 0 Å². The molecule has 0 atom stereocenters. The Kier molecular flexibility index (Phi) is 2.37. The van der Waals surface area contributed by atoms with E-state index in [-0.39, 0.29) is 5.12 Å². The summed E-state index contributed by atoms with van der Waals surface area (Å²) in [5.41, 5.74) is 0.669. The zero-order chi connectivity index (χ0) is 11.8. The molecule has 3 aromatic rings. The van der Waals surface area contributed by atoms with Crippen molar-refractivity contribution >= 4 is 39.3 Å². The summed E-state index contributed by atoms with van der Waals surface area (Å²) in [6.45, 7) is 0. The van der Waals surface area contributed by atoms with Gasteiger partial charge in [0.15, 0.2) is 0 Å². The van der Waals surface area contributed by atoms with Crippen LogP contribution in [0.2, 0.25) is 0 Å². The average molecular weight is 238 g/mol. The van der Waals surface area contributed by atoms with Gasteiger partial charge in [0.2, 0.25) is 5.12 Å². The van der Waals surface area contributed by atoms with Crippen molar-refractivity contribution in [1.29, 1.82) is 0 Å². The molecule has 0 aliphatic heterocycles. The van der Waals surface area contributed by atoms with Crippen molar-refractivity contribution in [1.82, 2.24) is 0 Å². The normalized spacial score (nSPS) is 10.9. The molecule has 3 rings (SSSR count). The van der Waals surface area contributed by atoms with Gasteiger partial charge < -0.3 is 0 Å². The second-order valence-corrected chi connectivity index (χ2v) is 4.40. The Bertz CT molecular complexity index is 731. The maximum absolute atomic E-state index is 11.6. The summed E-state index contributed by atoms with van der Waals surface area (Å²) < 4.78 is 0. The van der Waals surface area contributed by atoms with Gasteiger partial charge in [-0.3, -0.25) is 4.79 Å². The van der Waals surface area contributed by atoms with Crippen LogP contribution in [-0.4, -0.2) is 5.12 Å². The molecule has 0 N–H and O–H groups in total. The topological polar surface area (TPSA) is 17.1 Å². The van der Waals surface area contributed by atoms with Gasteiger partial charge in [-0.1, -0.05) is 48.5 Å². The molecule has 0 heterocycles. The van der Waals surface area contributed by atoms with E-state index in [9.17, 15) is 4.79 Å². The monoisotopic (exact) mass is 238 g/mol.